The first-order valence-electron chi connectivity index (χ1n) is 7.32. The molecule has 0 saturated heterocycles. The van der Waals surface area contributed by atoms with Gasteiger partial charge in [-0.2, -0.15) is 0 Å². The molecule has 0 atom stereocenters. The van der Waals surface area contributed by atoms with E-state index in [1.165, 1.54) is 24.5 Å². The molecule has 1 aromatic carbocycles. The van der Waals surface area contributed by atoms with Crippen LogP contribution in [-0.4, -0.2) is 29.3 Å². The van der Waals surface area contributed by atoms with Crippen molar-refractivity contribution in [2.75, 3.05) is 6.54 Å². The van der Waals surface area contributed by atoms with Gasteiger partial charge < -0.3 is 5.32 Å². The molecule has 3 N–H and O–H groups in total. The third-order valence-corrected chi connectivity index (χ3v) is 3.44. The molecule has 0 aliphatic rings. The number of rotatable bonds is 4. The van der Waals surface area contributed by atoms with E-state index in [-0.39, 0.29) is 12.5 Å². The van der Waals surface area contributed by atoms with Crippen LogP contribution in [0.25, 0.3) is 0 Å². The highest BCUT2D eigenvalue weighted by Crippen LogP contribution is 2.09. The second-order valence-corrected chi connectivity index (χ2v) is 5.22. The van der Waals surface area contributed by atoms with Crippen molar-refractivity contribution in [3.8, 4) is 0 Å². The molecule has 0 aliphatic carbocycles. The minimum atomic E-state index is -0.533. The number of carbonyl (C=O) groups excluding carboxylic acids is 3. The van der Waals surface area contributed by atoms with Crippen molar-refractivity contribution in [2.45, 2.75) is 13.8 Å². The van der Waals surface area contributed by atoms with Gasteiger partial charge in [0.15, 0.2) is 0 Å². The highest BCUT2D eigenvalue weighted by atomic mass is 16.2. The van der Waals surface area contributed by atoms with Gasteiger partial charge >= 0.3 is 0 Å². The van der Waals surface area contributed by atoms with Crippen molar-refractivity contribution in [2.24, 2.45) is 0 Å². The Labute approximate surface area is 139 Å². The lowest BCUT2D eigenvalue weighted by Crippen LogP contribution is -2.46. The van der Waals surface area contributed by atoms with Crippen molar-refractivity contribution in [1.82, 2.24) is 21.2 Å². The standard InChI is InChI=1S/C17H18N4O3/c1-11-3-4-14(9-12(11)2)16(23)19-10-15(22)20-21-17(24)13-5-7-18-8-6-13/h3-9H,10H2,1-2H3,(H,19,23)(H,20,22)(H,21,24). The Morgan fingerprint density at radius 2 is 1.58 bits per heavy atom. The number of amides is 3. The Balaban J connectivity index is 1.79. The van der Waals surface area contributed by atoms with E-state index in [9.17, 15) is 14.4 Å². The Kier molecular flexibility index (Phi) is 5.62. The van der Waals surface area contributed by atoms with Crippen molar-refractivity contribution >= 4 is 17.7 Å². The van der Waals surface area contributed by atoms with Crippen LogP contribution < -0.4 is 16.2 Å². The van der Waals surface area contributed by atoms with Crippen molar-refractivity contribution < 1.29 is 14.4 Å². The fourth-order valence-corrected chi connectivity index (χ4v) is 1.89. The molecular weight excluding hydrogens is 308 g/mol. The fourth-order valence-electron chi connectivity index (χ4n) is 1.89. The summed E-state index contributed by atoms with van der Waals surface area (Å²) in [6, 6.07) is 8.33. The summed E-state index contributed by atoms with van der Waals surface area (Å²) < 4.78 is 0. The van der Waals surface area contributed by atoms with E-state index < -0.39 is 11.8 Å². The van der Waals surface area contributed by atoms with E-state index in [0.717, 1.165) is 11.1 Å². The van der Waals surface area contributed by atoms with Gasteiger partial charge in [0.05, 0.1) is 6.54 Å². The maximum Gasteiger partial charge on any atom is 0.269 e. The van der Waals surface area contributed by atoms with Crippen LogP contribution in [0.4, 0.5) is 0 Å². The first kappa shape index (κ1) is 17.1. The number of pyridine rings is 1. The number of benzene rings is 1. The summed E-state index contributed by atoms with van der Waals surface area (Å²) in [5, 5.41) is 2.50. The van der Waals surface area contributed by atoms with Gasteiger partial charge in [-0.3, -0.25) is 30.2 Å². The number of hydrogen-bond acceptors (Lipinski definition) is 4. The summed E-state index contributed by atoms with van der Waals surface area (Å²) in [4.78, 5) is 39.2. The Morgan fingerprint density at radius 1 is 0.875 bits per heavy atom. The monoisotopic (exact) mass is 326 g/mol. The van der Waals surface area contributed by atoms with Crippen molar-refractivity contribution in [3.05, 3.63) is 65.0 Å². The molecule has 0 bridgehead atoms. The smallest absolute Gasteiger partial charge is 0.269 e. The topological polar surface area (TPSA) is 100 Å². The molecule has 3 amide bonds. The second kappa shape index (κ2) is 7.87. The first-order valence-corrected chi connectivity index (χ1v) is 7.32. The molecule has 2 rings (SSSR count). The van der Waals surface area contributed by atoms with Gasteiger partial charge in [-0.15, -0.1) is 0 Å². The van der Waals surface area contributed by atoms with Crippen LogP contribution in [0.1, 0.15) is 31.8 Å². The summed E-state index contributed by atoms with van der Waals surface area (Å²) in [6.07, 6.45) is 2.95. The van der Waals surface area contributed by atoms with Gasteiger partial charge in [-0.25, -0.2) is 0 Å². The molecule has 0 unspecified atom stereocenters. The number of carbonyl (C=O) groups is 3. The molecule has 0 radical (unpaired) electrons. The third kappa shape index (κ3) is 4.64. The molecule has 24 heavy (non-hydrogen) atoms. The fraction of sp³-hybridized carbons (Fsp3) is 0.176. The van der Waals surface area contributed by atoms with Crippen LogP contribution in [0, 0.1) is 13.8 Å². The van der Waals surface area contributed by atoms with Gasteiger partial charge in [0.25, 0.3) is 17.7 Å². The first-order chi connectivity index (χ1) is 11.5. The minimum absolute atomic E-state index is 0.248. The lowest BCUT2D eigenvalue weighted by molar-refractivity contribution is -0.120. The van der Waals surface area contributed by atoms with Gasteiger partial charge in [0.1, 0.15) is 0 Å². The molecule has 0 fully saturated rings. The predicted octanol–water partition coefficient (Wildman–Crippen LogP) is 0.889. The molecule has 7 nitrogen and oxygen atoms in total. The van der Waals surface area contributed by atoms with E-state index in [1.54, 1.807) is 12.1 Å². The quantitative estimate of drug-likeness (QED) is 0.726. The molecule has 1 aromatic heterocycles. The second-order valence-electron chi connectivity index (χ2n) is 5.22. The molecule has 124 valence electrons. The number of nitrogens with zero attached hydrogens (tertiary/aromatic N) is 1. The summed E-state index contributed by atoms with van der Waals surface area (Å²) in [7, 11) is 0. The SMILES string of the molecule is Cc1ccc(C(=O)NCC(=O)NNC(=O)c2ccncc2)cc1C. The van der Waals surface area contributed by atoms with E-state index in [4.69, 9.17) is 0 Å². The van der Waals surface area contributed by atoms with Crippen LogP contribution in [0.5, 0.6) is 0 Å². The zero-order valence-electron chi connectivity index (χ0n) is 13.4. The Morgan fingerprint density at radius 3 is 2.25 bits per heavy atom. The lowest BCUT2D eigenvalue weighted by atomic mass is 10.1. The summed E-state index contributed by atoms with van der Waals surface area (Å²) >= 11 is 0. The maximum absolute atomic E-state index is 12.0. The normalized spacial score (nSPS) is 9.92. The molecule has 0 spiro atoms. The highest BCUT2D eigenvalue weighted by Gasteiger charge is 2.10. The summed E-state index contributed by atoms with van der Waals surface area (Å²) in [6.45, 7) is 3.62. The van der Waals surface area contributed by atoms with Crippen LogP contribution >= 0.6 is 0 Å². The Hall–Kier alpha value is -3.22. The molecule has 0 aliphatic heterocycles. The van der Waals surface area contributed by atoms with Gasteiger partial charge in [-0.1, -0.05) is 6.07 Å². The van der Waals surface area contributed by atoms with Crippen molar-refractivity contribution in [1.29, 1.82) is 0 Å². The van der Waals surface area contributed by atoms with Gasteiger partial charge in [0, 0.05) is 23.5 Å². The zero-order valence-corrected chi connectivity index (χ0v) is 13.4. The lowest BCUT2D eigenvalue weighted by Gasteiger charge is -2.09. The van der Waals surface area contributed by atoms with Gasteiger partial charge in [0.2, 0.25) is 0 Å². The zero-order chi connectivity index (χ0) is 17.5. The number of hydrogen-bond donors (Lipinski definition) is 3. The number of aryl methyl sites for hydroxylation is 2. The molecule has 0 saturated carbocycles. The van der Waals surface area contributed by atoms with E-state index >= 15 is 0 Å². The minimum Gasteiger partial charge on any atom is -0.343 e. The van der Waals surface area contributed by atoms with E-state index in [0.29, 0.717) is 11.1 Å². The third-order valence-electron chi connectivity index (χ3n) is 3.44. The average molecular weight is 326 g/mol. The van der Waals surface area contributed by atoms with E-state index in [2.05, 4.69) is 21.2 Å². The molecular formula is C17H18N4O3. The number of nitrogens with one attached hydrogen (secondary N) is 3. The summed E-state index contributed by atoms with van der Waals surface area (Å²) in [5.74, 6) is -1.35. The number of aromatic nitrogens is 1. The van der Waals surface area contributed by atoms with Crippen LogP contribution in [-0.2, 0) is 4.79 Å². The number of hydrazine groups is 1. The highest BCUT2D eigenvalue weighted by molar-refractivity contribution is 5.98. The van der Waals surface area contributed by atoms with Crippen molar-refractivity contribution in [3.63, 3.8) is 0 Å². The van der Waals surface area contributed by atoms with E-state index in [1.807, 2.05) is 19.9 Å². The maximum atomic E-state index is 12.0. The molecule has 1 heterocycles. The predicted molar refractivity (Wildman–Crippen MR) is 88.1 cm³/mol. The van der Waals surface area contributed by atoms with Gasteiger partial charge in [-0.05, 0) is 49.2 Å². The van der Waals surface area contributed by atoms with Crippen LogP contribution in [0.2, 0.25) is 0 Å². The largest absolute Gasteiger partial charge is 0.343 e. The molecule has 7 heteroatoms. The van der Waals surface area contributed by atoms with Crippen LogP contribution in [0.15, 0.2) is 42.7 Å². The average Bonchev–Trinajstić information content (AvgIpc) is 2.60. The van der Waals surface area contributed by atoms with Crippen LogP contribution in [0.3, 0.4) is 0 Å². The Bertz CT molecular complexity index is 760. The molecule has 2 aromatic rings. The summed E-state index contributed by atoms with van der Waals surface area (Å²) in [5.41, 5.74) is 7.42.